The predicted octanol–water partition coefficient (Wildman–Crippen LogP) is 4.65. The number of nitrogens with two attached hydrogens (primary N) is 1. The maximum atomic E-state index is 12.1. The van der Waals surface area contributed by atoms with Gasteiger partial charge in [0.1, 0.15) is 11.9 Å². The Balaban J connectivity index is 1.21. The van der Waals surface area contributed by atoms with Crippen molar-refractivity contribution in [3.05, 3.63) is 82.0 Å². The number of hydrogen-bond donors (Lipinski definition) is 10. The maximum absolute atomic E-state index is 12.1. The third-order valence-electron chi connectivity index (χ3n) is 13.2. The molecular weight excluding hydrogens is 785 g/mol. The topological polar surface area (TPSA) is 196 Å². The summed E-state index contributed by atoms with van der Waals surface area (Å²) in [7, 11) is 3.25. The van der Waals surface area contributed by atoms with E-state index < -0.39 is 42.4 Å². The van der Waals surface area contributed by atoms with Crippen LogP contribution in [0.4, 0.5) is 0 Å². The van der Waals surface area contributed by atoms with E-state index in [4.69, 9.17) is 10.5 Å². The molecule has 12 atom stereocenters. The van der Waals surface area contributed by atoms with Crippen molar-refractivity contribution in [1.82, 2.24) is 15.6 Å². The highest BCUT2D eigenvalue weighted by molar-refractivity contribution is 8.76. The number of ether oxygens (including phenoxy) is 1. The van der Waals surface area contributed by atoms with Crippen molar-refractivity contribution >= 4 is 21.6 Å². The molecule has 0 bridgehead atoms. The monoisotopic (exact) mass is 848 g/mol. The van der Waals surface area contributed by atoms with Crippen LogP contribution in [0.1, 0.15) is 81.5 Å². The number of H-pyrrole nitrogens is 1. The van der Waals surface area contributed by atoms with Gasteiger partial charge in [-0.05, 0) is 112 Å². The van der Waals surface area contributed by atoms with E-state index in [1.165, 1.54) is 5.57 Å². The summed E-state index contributed by atoms with van der Waals surface area (Å²) in [6.45, 7) is 4.76. The van der Waals surface area contributed by atoms with Gasteiger partial charge in [-0.25, -0.2) is 0 Å². The number of phenols is 1. The van der Waals surface area contributed by atoms with Crippen LogP contribution in [0.25, 0.3) is 0 Å². The molecule has 0 unspecified atom stereocenters. The fourth-order valence-corrected chi connectivity index (χ4v) is 12.4. The number of hydrogen-bond acceptors (Lipinski definition) is 12. The molecule has 1 aromatic carbocycles. The van der Waals surface area contributed by atoms with Crippen molar-refractivity contribution in [2.75, 3.05) is 31.2 Å². The fraction of sp³-hybridized carbons (Fsp3) is 0.609. The Bertz CT molecular complexity index is 1890. The maximum Gasteiger partial charge on any atom is 0.161 e. The summed E-state index contributed by atoms with van der Waals surface area (Å²) in [6.07, 6.45) is 8.29. The number of aryl methyl sites for hydroxylation is 1. The van der Waals surface area contributed by atoms with Crippen LogP contribution >= 0.6 is 21.6 Å². The molecule has 1 fully saturated rings. The first-order valence-electron chi connectivity index (χ1n) is 21.6. The van der Waals surface area contributed by atoms with E-state index in [1.54, 1.807) is 34.6 Å². The Kier molecular flexibility index (Phi) is 15.1. The van der Waals surface area contributed by atoms with Crippen LogP contribution < -0.4 is 21.1 Å². The normalized spacial score (nSPS) is 33.4. The van der Waals surface area contributed by atoms with E-state index in [0.29, 0.717) is 62.5 Å². The number of benzene rings is 1. The van der Waals surface area contributed by atoms with E-state index in [1.807, 2.05) is 18.3 Å². The second-order valence-electron chi connectivity index (χ2n) is 17.3. The molecule has 59 heavy (non-hydrogen) atoms. The van der Waals surface area contributed by atoms with Crippen LogP contribution in [0.2, 0.25) is 0 Å². The number of aromatic amines is 1. The molecule has 0 saturated carbocycles. The first kappa shape index (κ1) is 44.0. The van der Waals surface area contributed by atoms with Crippen LogP contribution in [-0.2, 0) is 12.8 Å². The molecule has 7 rings (SSSR count). The van der Waals surface area contributed by atoms with E-state index in [0.717, 1.165) is 53.7 Å². The van der Waals surface area contributed by atoms with Gasteiger partial charge in [0.05, 0.1) is 24.4 Å². The molecule has 11 nitrogen and oxygen atoms in total. The second-order valence-corrected chi connectivity index (χ2v) is 19.9. The lowest BCUT2D eigenvalue weighted by Crippen LogP contribution is -2.42. The lowest BCUT2D eigenvalue weighted by Gasteiger charge is -2.35. The highest BCUT2D eigenvalue weighted by Gasteiger charge is 2.41. The van der Waals surface area contributed by atoms with Crippen LogP contribution in [-0.4, -0.2) is 103 Å². The molecule has 0 radical (unpaired) electrons. The Labute approximate surface area is 357 Å². The van der Waals surface area contributed by atoms with Gasteiger partial charge >= 0.3 is 0 Å². The average Bonchev–Trinajstić information content (AvgIpc) is 3.67. The molecule has 1 saturated heterocycles. The van der Waals surface area contributed by atoms with Gasteiger partial charge in [0, 0.05) is 84.3 Å². The summed E-state index contributed by atoms with van der Waals surface area (Å²) in [5.41, 5.74) is 12.9. The van der Waals surface area contributed by atoms with Crippen LogP contribution in [0.3, 0.4) is 0 Å². The van der Waals surface area contributed by atoms with Crippen molar-refractivity contribution in [2.45, 2.75) is 114 Å². The van der Waals surface area contributed by atoms with Gasteiger partial charge < -0.3 is 56.7 Å². The number of aromatic hydroxyl groups is 1. The Morgan fingerprint density at radius 1 is 1.07 bits per heavy atom. The zero-order chi connectivity index (χ0) is 41.6. The predicted molar refractivity (Wildman–Crippen MR) is 236 cm³/mol. The molecular formula is C46H64N4O7S2. The number of dihydropyridines is 1. The molecule has 2 aliphatic heterocycles. The zero-order valence-corrected chi connectivity index (χ0v) is 36.0. The van der Waals surface area contributed by atoms with Gasteiger partial charge in [-0.3, -0.25) is 0 Å². The molecule has 2 aromatic rings. The summed E-state index contributed by atoms with van der Waals surface area (Å²) >= 11 is 0. The summed E-state index contributed by atoms with van der Waals surface area (Å²) < 4.78 is 6.81. The Morgan fingerprint density at radius 2 is 1.92 bits per heavy atom. The third-order valence-corrected chi connectivity index (χ3v) is 15.6. The minimum Gasteiger partial charge on any atom is -0.504 e. The molecule has 11 N–H and O–H groups in total. The van der Waals surface area contributed by atoms with Gasteiger partial charge in [-0.2, -0.15) is 0 Å². The number of rotatable bonds is 9. The van der Waals surface area contributed by atoms with E-state index in [9.17, 15) is 30.6 Å². The highest BCUT2D eigenvalue weighted by Crippen LogP contribution is 2.48. The first-order chi connectivity index (χ1) is 28.5. The summed E-state index contributed by atoms with van der Waals surface area (Å²) in [5, 5.41) is 74.7. The Hall–Kier alpha value is -3.06. The second kappa shape index (κ2) is 20.2. The molecule has 3 aliphatic carbocycles. The number of fused-ring (bicyclic) bond motifs is 5. The minimum atomic E-state index is -1.03. The highest BCUT2D eigenvalue weighted by atomic mass is 33.1. The van der Waals surface area contributed by atoms with Crippen molar-refractivity contribution < 1.29 is 35.4 Å². The molecule has 1 aromatic heterocycles. The van der Waals surface area contributed by atoms with Crippen molar-refractivity contribution in [1.29, 1.82) is 0 Å². The summed E-state index contributed by atoms with van der Waals surface area (Å²) in [4.78, 5) is 3.35. The van der Waals surface area contributed by atoms with Crippen LogP contribution in [0.5, 0.6) is 11.5 Å². The van der Waals surface area contributed by atoms with Crippen molar-refractivity contribution in [3.8, 4) is 23.3 Å². The number of aromatic nitrogens is 1. The van der Waals surface area contributed by atoms with Crippen molar-refractivity contribution in [3.63, 3.8) is 0 Å². The largest absolute Gasteiger partial charge is 0.504 e. The Morgan fingerprint density at radius 3 is 2.68 bits per heavy atom. The fourth-order valence-electron chi connectivity index (χ4n) is 9.91. The van der Waals surface area contributed by atoms with Gasteiger partial charge in [0.2, 0.25) is 0 Å². The molecule has 0 spiro atoms. The number of aliphatic hydroxyl groups excluding tert-OH is 5. The molecule has 13 heteroatoms. The lowest BCUT2D eigenvalue weighted by molar-refractivity contribution is -0.0214. The SMILES string of the molecule is CC[C@@H]1C#C[C@H]2C=C3CCc4cc(O)c(O[C@H]5C[C@@H](Cc6ccc[nH]6)C6=CCNC(N)=C6CSSC[C@H](CO)[C@@H]5O)cc4[C@@H]3C[C@@H](O)[C@H]2[C@@H](O)CC[C@@H](NC[C@H](C)O)C1. The third kappa shape index (κ3) is 10.5. The molecule has 0 amide bonds. The zero-order valence-electron chi connectivity index (χ0n) is 34.4. The number of allylic oxidation sites excluding steroid dienone is 3. The van der Waals surface area contributed by atoms with E-state index in [2.05, 4.69) is 52.6 Å². The standard InChI is InChI=1S/C46H64N4O7S2/c1-3-27-6-7-30-16-28-8-9-29-18-40(54)42(21-37(29)36(28)20-41(55)44(30)39(53)11-10-34(15-27)50-22-26(2)52)57-43-19-31(17-33-5-4-13-48-33)35-12-14-49-46(47)38(35)25-59-58-24-32(23-51)45(43)56/h4-5,12-13,16,18,21,26-27,30-32,34,36,39,41,43-45,48-56H,3,8-11,14-15,17,19-20,22-25,47H2,1-2H3/t26-,27+,30-,31+,32-,34+,36+,39-,41+,43-,44+,45-/m0/s1. The molecule has 322 valence electrons. The van der Waals surface area contributed by atoms with Gasteiger partial charge in [-0.1, -0.05) is 58.1 Å². The number of nitrogens with one attached hydrogen (secondary N) is 3. The lowest BCUT2D eigenvalue weighted by atomic mass is 9.76. The number of phenolic OH excluding ortho intramolecular Hbond substituents is 1. The van der Waals surface area contributed by atoms with Gasteiger partial charge in [0.15, 0.2) is 11.5 Å². The van der Waals surface area contributed by atoms with E-state index in [-0.39, 0.29) is 47.8 Å². The quantitative estimate of drug-likeness (QED) is 0.0956. The average molecular weight is 849 g/mol. The molecule has 3 heterocycles. The van der Waals surface area contributed by atoms with Gasteiger partial charge in [-0.15, -0.1) is 0 Å². The summed E-state index contributed by atoms with van der Waals surface area (Å²) in [5.74, 6) is 7.79. The first-order valence-corrected chi connectivity index (χ1v) is 24.1. The number of aliphatic hydroxyl groups is 5. The van der Waals surface area contributed by atoms with Crippen LogP contribution in [0, 0.1) is 41.4 Å². The van der Waals surface area contributed by atoms with Crippen LogP contribution in [0.15, 0.2) is 65.2 Å². The summed E-state index contributed by atoms with van der Waals surface area (Å²) in [6, 6.07) is 7.81. The van der Waals surface area contributed by atoms with Crippen molar-refractivity contribution in [2.24, 2.45) is 35.3 Å². The minimum absolute atomic E-state index is 0.0102. The van der Waals surface area contributed by atoms with E-state index >= 15 is 0 Å². The van der Waals surface area contributed by atoms with Gasteiger partial charge in [0.25, 0.3) is 0 Å². The smallest absolute Gasteiger partial charge is 0.161 e. The molecule has 5 aliphatic rings.